The average Bonchev–Trinajstić information content (AvgIpc) is 2.55. The minimum absolute atomic E-state index is 0.273. The quantitative estimate of drug-likeness (QED) is 0.583. The van der Waals surface area contributed by atoms with Gasteiger partial charge in [-0.1, -0.05) is 30.3 Å². The Kier molecular flexibility index (Phi) is 6.85. The number of aliphatic imine (C=N–C) groups is 1. The fraction of sp³-hybridized carbons (Fsp3) is 0.562. The van der Waals surface area contributed by atoms with Crippen LogP contribution in [0.3, 0.4) is 0 Å². The summed E-state index contributed by atoms with van der Waals surface area (Å²) in [6.07, 6.45) is 0. The molecule has 0 aromatic heterocycles. The molecule has 23 heavy (non-hydrogen) atoms. The molecule has 1 aromatic carbocycles. The lowest BCUT2D eigenvalue weighted by Crippen LogP contribution is -2.45. The van der Waals surface area contributed by atoms with Gasteiger partial charge < -0.3 is 10.6 Å². The van der Waals surface area contributed by atoms with Gasteiger partial charge in [-0.25, -0.2) is 13.4 Å². The number of benzene rings is 1. The van der Waals surface area contributed by atoms with Crippen LogP contribution in [0.4, 0.5) is 0 Å². The van der Waals surface area contributed by atoms with E-state index in [-0.39, 0.29) is 11.5 Å². The van der Waals surface area contributed by atoms with E-state index in [1.54, 1.807) is 0 Å². The normalized spacial score (nSPS) is 18.6. The van der Waals surface area contributed by atoms with Gasteiger partial charge in [-0.05, 0) is 12.5 Å². The van der Waals surface area contributed by atoms with Crippen LogP contribution in [0.15, 0.2) is 35.3 Å². The highest BCUT2D eigenvalue weighted by Crippen LogP contribution is 2.02. The number of nitrogens with zero attached hydrogens (tertiary/aromatic N) is 2. The maximum Gasteiger partial charge on any atom is 0.191 e. The lowest BCUT2D eigenvalue weighted by atomic mass is 10.2. The van der Waals surface area contributed by atoms with Crippen LogP contribution in [-0.2, 0) is 16.4 Å². The molecule has 0 bridgehead atoms. The van der Waals surface area contributed by atoms with Crippen LogP contribution in [0.25, 0.3) is 0 Å². The first kappa shape index (κ1) is 17.7. The van der Waals surface area contributed by atoms with Crippen molar-refractivity contribution in [2.75, 3.05) is 44.2 Å². The van der Waals surface area contributed by atoms with Crippen molar-refractivity contribution in [3.05, 3.63) is 35.9 Å². The fourth-order valence-electron chi connectivity index (χ4n) is 2.40. The first-order valence-corrected chi connectivity index (χ1v) is 9.90. The van der Waals surface area contributed by atoms with Gasteiger partial charge in [0.15, 0.2) is 15.8 Å². The summed E-state index contributed by atoms with van der Waals surface area (Å²) < 4.78 is 22.8. The molecule has 0 unspecified atom stereocenters. The molecule has 1 aliphatic heterocycles. The van der Waals surface area contributed by atoms with Crippen LogP contribution >= 0.6 is 0 Å². The van der Waals surface area contributed by atoms with E-state index in [0.717, 1.165) is 25.6 Å². The van der Waals surface area contributed by atoms with Gasteiger partial charge in [-0.15, -0.1) is 0 Å². The minimum atomic E-state index is -2.80. The molecule has 7 heteroatoms. The molecule has 0 spiro atoms. The van der Waals surface area contributed by atoms with Crippen molar-refractivity contribution >= 4 is 15.8 Å². The molecule has 1 aromatic rings. The van der Waals surface area contributed by atoms with Crippen molar-refractivity contribution in [3.8, 4) is 0 Å². The third-order valence-corrected chi connectivity index (χ3v) is 5.37. The van der Waals surface area contributed by atoms with Gasteiger partial charge in [0.2, 0.25) is 0 Å². The monoisotopic (exact) mass is 338 g/mol. The Morgan fingerprint density at radius 1 is 1.17 bits per heavy atom. The second-order valence-corrected chi connectivity index (χ2v) is 7.90. The number of rotatable bonds is 6. The molecule has 0 aliphatic carbocycles. The Morgan fingerprint density at radius 3 is 2.52 bits per heavy atom. The predicted octanol–water partition coefficient (Wildman–Crippen LogP) is 0.472. The summed E-state index contributed by atoms with van der Waals surface area (Å²) in [5.74, 6) is 1.34. The smallest absolute Gasteiger partial charge is 0.191 e. The summed E-state index contributed by atoms with van der Waals surface area (Å²) >= 11 is 0. The Hall–Kier alpha value is -1.60. The fourth-order valence-corrected chi connectivity index (χ4v) is 3.68. The zero-order chi connectivity index (χ0) is 16.5. The van der Waals surface area contributed by atoms with E-state index in [1.165, 1.54) is 5.56 Å². The molecule has 2 N–H and O–H groups in total. The Morgan fingerprint density at radius 2 is 1.87 bits per heavy atom. The molecule has 1 fully saturated rings. The highest BCUT2D eigenvalue weighted by molar-refractivity contribution is 7.91. The van der Waals surface area contributed by atoms with Gasteiger partial charge in [-0.3, -0.25) is 4.90 Å². The standard InChI is InChI=1S/C16H26N4O2S/c1-2-17-16(19-14-15-6-4-3-5-7-15)18-8-9-20-10-12-23(21,22)13-11-20/h3-7H,2,8-14H2,1H3,(H2,17,18,19). The minimum Gasteiger partial charge on any atom is -0.357 e. The third kappa shape index (κ3) is 6.58. The van der Waals surface area contributed by atoms with Crippen molar-refractivity contribution in [3.63, 3.8) is 0 Å². The van der Waals surface area contributed by atoms with Crippen molar-refractivity contribution in [2.24, 2.45) is 4.99 Å². The van der Waals surface area contributed by atoms with Crippen molar-refractivity contribution < 1.29 is 8.42 Å². The first-order valence-electron chi connectivity index (χ1n) is 8.08. The molecular weight excluding hydrogens is 312 g/mol. The van der Waals surface area contributed by atoms with Gasteiger partial charge in [0, 0.05) is 32.7 Å². The molecular formula is C16H26N4O2S. The second kappa shape index (κ2) is 8.88. The van der Waals surface area contributed by atoms with Crippen molar-refractivity contribution in [1.29, 1.82) is 0 Å². The van der Waals surface area contributed by atoms with Gasteiger partial charge in [0.1, 0.15) is 0 Å². The molecule has 1 heterocycles. The molecule has 0 saturated carbocycles. The zero-order valence-corrected chi connectivity index (χ0v) is 14.5. The van der Waals surface area contributed by atoms with E-state index in [0.29, 0.717) is 19.6 Å². The van der Waals surface area contributed by atoms with E-state index in [4.69, 9.17) is 0 Å². The molecule has 128 valence electrons. The molecule has 2 rings (SSSR count). The average molecular weight is 338 g/mol. The Labute approximate surface area is 138 Å². The van der Waals surface area contributed by atoms with Gasteiger partial charge >= 0.3 is 0 Å². The lowest BCUT2D eigenvalue weighted by molar-refractivity contribution is 0.299. The van der Waals surface area contributed by atoms with Crippen molar-refractivity contribution in [2.45, 2.75) is 13.5 Å². The molecule has 1 aliphatic rings. The molecule has 0 atom stereocenters. The topological polar surface area (TPSA) is 73.8 Å². The summed E-state index contributed by atoms with van der Waals surface area (Å²) in [6, 6.07) is 10.1. The first-order chi connectivity index (χ1) is 11.1. The summed E-state index contributed by atoms with van der Waals surface area (Å²) in [5.41, 5.74) is 1.17. The van der Waals surface area contributed by atoms with E-state index in [1.807, 2.05) is 25.1 Å². The van der Waals surface area contributed by atoms with Crippen LogP contribution in [0.2, 0.25) is 0 Å². The van der Waals surface area contributed by atoms with Gasteiger partial charge in [0.05, 0.1) is 18.1 Å². The summed E-state index contributed by atoms with van der Waals surface area (Å²) in [7, 11) is -2.80. The molecule has 1 saturated heterocycles. The summed E-state index contributed by atoms with van der Waals surface area (Å²) in [6.45, 7) is 6.31. The Balaban J connectivity index is 1.76. The van der Waals surface area contributed by atoms with E-state index < -0.39 is 9.84 Å². The maximum absolute atomic E-state index is 11.4. The maximum atomic E-state index is 11.4. The van der Waals surface area contributed by atoms with Crippen LogP contribution in [0.1, 0.15) is 12.5 Å². The summed E-state index contributed by atoms with van der Waals surface area (Å²) in [5, 5.41) is 6.53. The Bertz CT molecular complexity index is 588. The van der Waals surface area contributed by atoms with Gasteiger partial charge in [-0.2, -0.15) is 0 Å². The zero-order valence-electron chi connectivity index (χ0n) is 13.7. The highest BCUT2D eigenvalue weighted by Gasteiger charge is 2.20. The SMILES string of the molecule is CCNC(=NCc1ccccc1)NCCN1CCS(=O)(=O)CC1. The highest BCUT2D eigenvalue weighted by atomic mass is 32.2. The number of guanidine groups is 1. The van der Waals surface area contributed by atoms with E-state index >= 15 is 0 Å². The summed E-state index contributed by atoms with van der Waals surface area (Å²) in [4.78, 5) is 6.74. The van der Waals surface area contributed by atoms with E-state index in [2.05, 4.69) is 32.7 Å². The van der Waals surface area contributed by atoms with Crippen LogP contribution in [0, 0.1) is 0 Å². The van der Waals surface area contributed by atoms with Crippen LogP contribution in [0.5, 0.6) is 0 Å². The second-order valence-electron chi connectivity index (χ2n) is 5.60. The number of nitrogens with one attached hydrogen (secondary N) is 2. The predicted molar refractivity (Wildman–Crippen MR) is 94.4 cm³/mol. The third-order valence-electron chi connectivity index (χ3n) is 3.76. The number of hydrogen-bond donors (Lipinski definition) is 2. The van der Waals surface area contributed by atoms with Crippen molar-refractivity contribution in [1.82, 2.24) is 15.5 Å². The van der Waals surface area contributed by atoms with Crippen LogP contribution in [-0.4, -0.2) is 63.5 Å². The van der Waals surface area contributed by atoms with Gasteiger partial charge in [0.25, 0.3) is 0 Å². The largest absolute Gasteiger partial charge is 0.357 e. The molecule has 0 amide bonds. The molecule has 6 nitrogen and oxygen atoms in total. The van der Waals surface area contributed by atoms with Crippen LogP contribution < -0.4 is 10.6 Å². The molecule has 0 radical (unpaired) electrons. The van der Waals surface area contributed by atoms with E-state index in [9.17, 15) is 8.42 Å². The lowest BCUT2D eigenvalue weighted by Gasteiger charge is -2.26. The number of hydrogen-bond acceptors (Lipinski definition) is 4. The number of sulfone groups is 1.